The third kappa shape index (κ3) is 4.41. The summed E-state index contributed by atoms with van der Waals surface area (Å²) in [5.41, 5.74) is 7.31. The number of rotatable bonds is 5. The predicted octanol–water partition coefficient (Wildman–Crippen LogP) is 3.12. The van der Waals surface area contributed by atoms with Gasteiger partial charge in [0.25, 0.3) is 0 Å². The molecule has 1 aromatic heterocycles. The highest BCUT2D eigenvalue weighted by atomic mass is 35.5. The van der Waals surface area contributed by atoms with Crippen LogP contribution >= 0.6 is 35.5 Å². The van der Waals surface area contributed by atoms with Gasteiger partial charge in [0.1, 0.15) is 6.61 Å². The van der Waals surface area contributed by atoms with Crippen LogP contribution in [0, 0.1) is 0 Å². The molecule has 2 N–H and O–H groups in total. The molecule has 0 amide bonds. The van der Waals surface area contributed by atoms with Crippen LogP contribution in [0.4, 0.5) is 5.69 Å². The predicted molar refractivity (Wildman–Crippen MR) is 83.2 cm³/mol. The lowest BCUT2D eigenvalue weighted by Crippen LogP contribution is -2.06. The summed E-state index contributed by atoms with van der Waals surface area (Å²) < 4.78 is 6.75. The highest BCUT2D eigenvalue weighted by Gasteiger charge is 2.08. The fourth-order valence-electron chi connectivity index (χ4n) is 1.30. The average molecular weight is 317 g/mol. The zero-order valence-corrected chi connectivity index (χ0v) is 12.4. The number of carbonyl (C=O) groups excluding carboxylic acids is 1. The first-order chi connectivity index (χ1) is 8.69. The SMILES string of the molecule is C=CCOC(=O)CSc1nc2ccc(N)cc2s1.Cl. The van der Waals surface area contributed by atoms with E-state index in [1.807, 2.05) is 18.2 Å². The first kappa shape index (κ1) is 15.8. The number of ether oxygens (including phenoxy) is 1. The number of fused-ring (bicyclic) bond motifs is 1. The second-order valence-electron chi connectivity index (χ2n) is 3.47. The Labute approximate surface area is 125 Å². The Hall–Kier alpha value is -1.24. The van der Waals surface area contributed by atoms with Crippen molar-refractivity contribution < 1.29 is 9.53 Å². The van der Waals surface area contributed by atoms with Crippen LogP contribution in [0.1, 0.15) is 0 Å². The van der Waals surface area contributed by atoms with E-state index >= 15 is 0 Å². The molecule has 2 rings (SSSR count). The van der Waals surface area contributed by atoms with E-state index < -0.39 is 0 Å². The van der Waals surface area contributed by atoms with E-state index in [1.54, 1.807) is 6.08 Å². The quantitative estimate of drug-likeness (QED) is 0.397. The third-order valence-electron chi connectivity index (χ3n) is 2.07. The molecule has 0 unspecified atom stereocenters. The number of esters is 1. The van der Waals surface area contributed by atoms with Crippen LogP contribution < -0.4 is 5.73 Å². The maximum atomic E-state index is 11.3. The van der Waals surface area contributed by atoms with E-state index in [4.69, 9.17) is 10.5 Å². The van der Waals surface area contributed by atoms with Crippen molar-refractivity contribution in [3.8, 4) is 0 Å². The van der Waals surface area contributed by atoms with Crippen LogP contribution in [0.25, 0.3) is 10.2 Å². The lowest BCUT2D eigenvalue weighted by Gasteiger charge is -1.98. The number of hydrogen-bond donors (Lipinski definition) is 1. The molecule has 0 saturated carbocycles. The molecule has 0 radical (unpaired) electrons. The van der Waals surface area contributed by atoms with E-state index in [0.29, 0.717) is 5.69 Å². The van der Waals surface area contributed by atoms with Gasteiger partial charge >= 0.3 is 5.97 Å². The molecule has 4 nitrogen and oxygen atoms in total. The van der Waals surface area contributed by atoms with Gasteiger partial charge in [0.15, 0.2) is 4.34 Å². The van der Waals surface area contributed by atoms with Gasteiger partial charge in [0.2, 0.25) is 0 Å². The Morgan fingerprint density at radius 2 is 2.37 bits per heavy atom. The molecule has 7 heteroatoms. The highest BCUT2D eigenvalue weighted by Crippen LogP contribution is 2.30. The van der Waals surface area contributed by atoms with Crippen LogP contribution in [-0.2, 0) is 9.53 Å². The summed E-state index contributed by atoms with van der Waals surface area (Å²) in [5, 5.41) is 0. The highest BCUT2D eigenvalue weighted by molar-refractivity contribution is 8.01. The number of anilines is 1. The second-order valence-corrected chi connectivity index (χ2v) is 5.72. The molecule has 0 aliphatic rings. The van der Waals surface area contributed by atoms with Gasteiger partial charge < -0.3 is 10.5 Å². The minimum atomic E-state index is -0.265. The molecule has 102 valence electrons. The van der Waals surface area contributed by atoms with Gasteiger partial charge in [-0.05, 0) is 18.2 Å². The van der Waals surface area contributed by atoms with Crippen molar-refractivity contribution in [2.45, 2.75) is 4.34 Å². The molecule has 0 spiro atoms. The van der Waals surface area contributed by atoms with Crippen LogP contribution in [0.15, 0.2) is 35.2 Å². The summed E-state index contributed by atoms with van der Waals surface area (Å²) in [7, 11) is 0. The molecule has 0 atom stereocenters. The second kappa shape index (κ2) is 7.37. The van der Waals surface area contributed by atoms with Crippen molar-refractivity contribution in [1.82, 2.24) is 4.98 Å². The molecule has 0 saturated heterocycles. The fraction of sp³-hybridized carbons (Fsp3) is 0.167. The van der Waals surface area contributed by atoms with Crippen LogP contribution in [-0.4, -0.2) is 23.3 Å². The van der Waals surface area contributed by atoms with Crippen molar-refractivity contribution in [3.05, 3.63) is 30.9 Å². The van der Waals surface area contributed by atoms with Crippen molar-refractivity contribution >= 4 is 57.4 Å². The maximum Gasteiger partial charge on any atom is 0.316 e. The Kier molecular flexibility index (Phi) is 6.14. The van der Waals surface area contributed by atoms with Crippen molar-refractivity contribution in [2.24, 2.45) is 0 Å². The average Bonchev–Trinajstić information content (AvgIpc) is 2.75. The zero-order chi connectivity index (χ0) is 13.0. The number of nitrogen functional groups attached to an aromatic ring is 1. The summed E-state index contributed by atoms with van der Waals surface area (Å²) in [4.78, 5) is 15.7. The molecule has 0 fully saturated rings. The number of aromatic nitrogens is 1. The molecule has 0 bridgehead atoms. The standard InChI is InChI=1S/C12H12N2O2S2.ClH/c1-2-5-16-11(15)7-17-12-14-9-4-3-8(13)6-10(9)18-12;/h2-4,6H,1,5,7,13H2;1H. The molecule has 1 heterocycles. The summed E-state index contributed by atoms with van der Waals surface area (Å²) in [6, 6.07) is 5.57. The van der Waals surface area contributed by atoms with E-state index in [9.17, 15) is 4.79 Å². The molecule has 0 aliphatic carbocycles. The first-order valence-corrected chi connectivity index (χ1v) is 7.04. The van der Waals surface area contributed by atoms with Crippen LogP contribution in [0.5, 0.6) is 0 Å². The molecule has 2 aromatic rings. The fourth-order valence-corrected chi connectivity index (χ4v) is 3.21. The lowest BCUT2D eigenvalue weighted by molar-refractivity contribution is -0.139. The topological polar surface area (TPSA) is 65.2 Å². The molecule has 19 heavy (non-hydrogen) atoms. The molecular weight excluding hydrogens is 304 g/mol. The lowest BCUT2D eigenvalue weighted by atomic mass is 10.3. The molecular formula is C12H13ClN2O2S2. The Balaban J connectivity index is 0.00000180. The third-order valence-corrected chi connectivity index (χ3v) is 4.20. The number of nitrogens with zero attached hydrogens (tertiary/aromatic N) is 1. The number of benzene rings is 1. The Morgan fingerprint density at radius 3 is 3.11 bits per heavy atom. The summed E-state index contributed by atoms with van der Waals surface area (Å²) in [6.07, 6.45) is 1.54. The zero-order valence-electron chi connectivity index (χ0n) is 10.00. The minimum Gasteiger partial charge on any atom is -0.461 e. The van der Waals surface area contributed by atoms with Crippen molar-refractivity contribution in [3.63, 3.8) is 0 Å². The van der Waals surface area contributed by atoms with E-state index in [1.165, 1.54) is 23.1 Å². The number of thiazole rings is 1. The Bertz CT molecular complexity index is 586. The van der Waals surface area contributed by atoms with Gasteiger partial charge in [-0.2, -0.15) is 0 Å². The van der Waals surface area contributed by atoms with Gasteiger partial charge in [-0.25, -0.2) is 4.98 Å². The number of nitrogens with two attached hydrogens (primary N) is 1. The summed E-state index contributed by atoms with van der Waals surface area (Å²) >= 11 is 2.89. The van der Waals surface area contributed by atoms with E-state index in [2.05, 4.69) is 11.6 Å². The minimum absolute atomic E-state index is 0. The van der Waals surface area contributed by atoms with Crippen molar-refractivity contribution in [2.75, 3.05) is 18.1 Å². The molecule has 1 aromatic carbocycles. The van der Waals surface area contributed by atoms with Crippen molar-refractivity contribution in [1.29, 1.82) is 0 Å². The normalized spacial score (nSPS) is 9.89. The van der Waals surface area contributed by atoms with Crippen LogP contribution in [0.3, 0.4) is 0 Å². The number of carbonyl (C=O) groups is 1. The van der Waals surface area contributed by atoms with Gasteiger partial charge in [-0.1, -0.05) is 24.4 Å². The Morgan fingerprint density at radius 1 is 1.58 bits per heavy atom. The summed E-state index contributed by atoms with van der Waals surface area (Å²) in [5.74, 6) is -0.0120. The number of thioether (sulfide) groups is 1. The molecule has 0 aliphatic heterocycles. The van der Waals surface area contributed by atoms with E-state index in [0.717, 1.165) is 14.6 Å². The maximum absolute atomic E-state index is 11.3. The van der Waals surface area contributed by atoms with Gasteiger partial charge in [0.05, 0.1) is 16.0 Å². The van der Waals surface area contributed by atoms with Gasteiger partial charge in [-0.3, -0.25) is 4.79 Å². The van der Waals surface area contributed by atoms with Crippen LogP contribution in [0.2, 0.25) is 0 Å². The number of halogens is 1. The monoisotopic (exact) mass is 316 g/mol. The summed E-state index contributed by atoms with van der Waals surface area (Å²) in [6.45, 7) is 3.73. The smallest absolute Gasteiger partial charge is 0.316 e. The van der Waals surface area contributed by atoms with Gasteiger partial charge in [-0.15, -0.1) is 23.7 Å². The van der Waals surface area contributed by atoms with E-state index in [-0.39, 0.29) is 30.7 Å². The van der Waals surface area contributed by atoms with Gasteiger partial charge in [0, 0.05) is 5.69 Å². The number of hydrogen-bond acceptors (Lipinski definition) is 6. The first-order valence-electron chi connectivity index (χ1n) is 5.24. The largest absolute Gasteiger partial charge is 0.461 e.